The average molecular weight is 444 g/mol. The molecule has 2 bridgehead atoms. The van der Waals surface area contributed by atoms with Crippen LogP contribution in [0.2, 0.25) is 0 Å². The molecule has 2 unspecified atom stereocenters. The first kappa shape index (κ1) is 24.4. The van der Waals surface area contributed by atoms with Crippen LogP contribution >= 0.6 is 24.8 Å². The second-order valence-electron chi connectivity index (χ2n) is 8.65. The summed E-state index contributed by atoms with van der Waals surface area (Å²) in [7, 11) is 1.71. The molecule has 0 spiro atoms. The number of amides is 1. The van der Waals surface area contributed by atoms with Gasteiger partial charge in [-0.2, -0.15) is 0 Å². The van der Waals surface area contributed by atoms with Gasteiger partial charge in [0.1, 0.15) is 0 Å². The lowest BCUT2D eigenvalue weighted by atomic mass is 9.78. The third kappa shape index (κ3) is 5.45. The molecule has 0 aliphatic carbocycles. The Balaban J connectivity index is 0.00000150. The van der Waals surface area contributed by atoms with Gasteiger partial charge >= 0.3 is 0 Å². The van der Waals surface area contributed by atoms with Gasteiger partial charge in [-0.25, -0.2) is 0 Å². The Bertz CT molecular complexity index is 621. The molecule has 1 aromatic carbocycles. The smallest absolute Gasteiger partial charge is 0.228 e. The Hall–Kier alpha value is -0.850. The first-order valence-corrected chi connectivity index (χ1v) is 10.5. The van der Waals surface area contributed by atoms with Crippen molar-refractivity contribution < 1.29 is 9.53 Å². The number of fused-ring (bicyclic) bond motifs is 2. The molecule has 3 saturated heterocycles. The predicted molar refractivity (Wildman–Crippen MR) is 121 cm³/mol. The number of halogens is 2. The normalized spacial score (nSPS) is 28.1. The summed E-state index contributed by atoms with van der Waals surface area (Å²) in [5, 5.41) is 6.79. The molecule has 1 aromatic rings. The summed E-state index contributed by atoms with van der Waals surface area (Å²) in [5.74, 6) is 0.215. The molecule has 164 valence electrons. The van der Waals surface area contributed by atoms with E-state index in [0.29, 0.717) is 24.7 Å². The average Bonchev–Trinajstić information content (AvgIpc) is 2.92. The van der Waals surface area contributed by atoms with E-state index < -0.39 is 0 Å². The number of rotatable bonds is 6. The first-order valence-electron chi connectivity index (χ1n) is 10.5. The lowest BCUT2D eigenvalue weighted by Crippen LogP contribution is -2.55. The largest absolute Gasteiger partial charge is 0.384 e. The van der Waals surface area contributed by atoms with E-state index >= 15 is 0 Å². The van der Waals surface area contributed by atoms with Gasteiger partial charge < -0.3 is 15.4 Å². The van der Waals surface area contributed by atoms with Crippen LogP contribution in [0.15, 0.2) is 30.3 Å². The van der Waals surface area contributed by atoms with Crippen molar-refractivity contribution in [3.63, 3.8) is 0 Å². The zero-order valence-electron chi connectivity index (χ0n) is 17.3. The van der Waals surface area contributed by atoms with Gasteiger partial charge in [-0.15, -0.1) is 24.8 Å². The Kier molecular flexibility index (Phi) is 9.23. The number of carbonyl (C=O) groups is 1. The molecule has 7 heteroatoms. The van der Waals surface area contributed by atoms with Crippen molar-refractivity contribution in [2.45, 2.75) is 63.2 Å². The molecule has 0 saturated carbocycles. The minimum atomic E-state index is -0.347. The molecule has 3 aliphatic heterocycles. The highest BCUT2D eigenvalue weighted by atomic mass is 35.5. The van der Waals surface area contributed by atoms with Gasteiger partial charge in [-0.1, -0.05) is 30.3 Å². The Morgan fingerprint density at radius 2 is 1.76 bits per heavy atom. The second-order valence-corrected chi connectivity index (χ2v) is 8.65. The molecular weight excluding hydrogens is 409 g/mol. The lowest BCUT2D eigenvalue weighted by Gasteiger charge is -2.41. The van der Waals surface area contributed by atoms with E-state index in [-0.39, 0.29) is 36.1 Å². The number of hydrogen-bond donors (Lipinski definition) is 2. The molecule has 4 rings (SSSR count). The summed E-state index contributed by atoms with van der Waals surface area (Å²) in [4.78, 5) is 15.8. The number of nitrogens with zero attached hydrogens (tertiary/aromatic N) is 1. The molecule has 2 N–H and O–H groups in total. The number of ether oxygens (including phenoxy) is 1. The van der Waals surface area contributed by atoms with E-state index in [1.54, 1.807) is 7.11 Å². The van der Waals surface area contributed by atoms with Crippen molar-refractivity contribution in [1.29, 1.82) is 0 Å². The molecule has 2 atom stereocenters. The second kappa shape index (κ2) is 11.0. The number of methoxy groups -OCH3 is 1. The standard InChI is InChI=1S/C22H33N3O2.2ClH/c1-27-16-22(9-11-23-12-10-22)21(26)24-18-13-19-7-8-20(14-18)25(19)15-17-5-3-2-4-6-17;;/h2-6,18-20,23H,7-16H2,1H3,(H,24,26);2*1H. The zero-order valence-corrected chi connectivity index (χ0v) is 18.9. The fourth-order valence-electron chi connectivity index (χ4n) is 5.40. The Morgan fingerprint density at radius 1 is 1.14 bits per heavy atom. The fraction of sp³-hybridized carbons (Fsp3) is 0.682. The van der Waals surface area contributed by atoms with E-state index in [4.69, 9.17) is 4.74 Å². The van der Waals surface area contributed by atoms with Crippen LogP contribution in [-0.2, 0) is 16.1 Å². The molecule has 3 fully saturated rings. The minimum Gasteiger partial charge on any atom is -0.384 e. The topological polar surface area (TPSA) is 53.6 Å². The van der Waals surface area contributed by atoms with Crippen LogP contribution in [0.4, 0.5) is 0 Å². The first-order chi connectivity index (χ1) is 13.2. The van der Waals surface area contributed by atoms with Crippen LogP contribution in [0.5, 0.6) is 0 Å². The molecule has 1 amide bonds. The minimum absolute atomic E-state index is 0. The summed E-state index contributed by atoms with van der Waals surface area (Å²) in [6.45, 7) is 3.37. The quantitative estimate of drug-likeness (QED) is 0.708. The maximum atomic E-state index is 13.2. The van der Waals surface area contributed by atoms with E-state index in [0.717, 1.165) is 45.3 Å². The molecule has 0 radical (unpaired) electrons. The van der Waals surface area contributed by atoms with Crippen molar-refractivity contribution in [2.75, 3.05) is 26.8 Å². The van der Waals surface area contributed by atoms with E-state index in [9.17, 15) is 4.79 Å². The van der Waals surface area contributed by atoms with Crippen molar-refractivity contribution in [3.05, 3.63) is 35.9 Å². The van der Waals surface area contributed by atoms with Crippen LogP contribution < -0.4 is 10.6 Å². The zero-order chi connectivity index (χ0) is 18.7. The van der Waals surface area contributed by atoms with Gasteiger partial charge in [0.05, 0.1) is 12.0 Å². The van der Waals surface area contributed by atoms with Gasteiger partial charge in [0.25, 0.3) is 0 Å². The molecule has 29 heavy (non-hydrogen) atoms. The van der Waals surface area contributed by atoms with Gasteiger partial charge in [0.15, 0.2) is 0 Å². The van der Waals surface area contributed by atoms with E-state index in [2.05, 4.69) is 45.9 Å². The van der Waals surface area contributed by atoms with Crippen molar-refractivity contribution >= 4 is 30.7 Å². The van der Waals surface area contributed by atoms with Crippen LogP contribution in [0.3, 0.4) is 0 Å². The number of nitrogens with one attached hydrogen (secondary N) is 2. The number of piperidine rings is 2. The summed E-state index contributed by atoms with van der Waals surface area (Å²) >= 11 is 0. The van der Waals surface area contributed by atoms with Gasteiger partial charge in [-0.3, -0.25) is 9.69 Å². The van der Waals surface area contributed by atoms with Crippen molar-refractivity contribution in [3.8, 4) is 0 Å². The summed E-state index contributed by atoms with van der Waals surface area (Å²) in [6.07, 6.45) is 6.42. The van der Waals surface area contributed by atoms with Gasteiger partial charge in [0, 0.05) is 31.8 Å². The fourth-order valence-corrected chi connectivity index (χ4v) is 5.40. The Morgan fingerprint density at radius 3 is 2.34 bits per heavy atom. The van der Waals surface area contributed by atoms with Crippen LogP contribution in [0.25, 0.3) is 0 Å². The maximum absolute atomic E-state index is 13.2. The third-order valence-corrected chi connectivity index (χ3v) is 6.89. The molecule has 3 aliphatic rings. The molecule has 5 nitrogen and oxygen atoms in total. The summed E-state index contributed by atoms with van der Waals surface area (Å²) in [5.41, 5.74) is 1.05. The van der Waals surface area contributed by atoms with Crippen molar-refractivity contribution in [2.24, 2.45) is 5.41 Å². The van der Waals surface area contributed by atoms with Gasteiger partial charge in [0.2, 0.25) is 5.91 Å². The summed E-state index contributed by atoms with van der Waals surface area (Å²) in [6, 6.07) is 12.3. The number of hydrogen-bond acceptors (Lipinski definition) is 4. The third-order valence-electron chi connectivity index (χ3n) is 6.89. The number of benzene rings is 1. The van der Waals surface area contributed by atoms with Crippen LogP contribution in [0, 0.1) is 5.41 Å². The van der Waals surface area contributed by atoms with Gasteiger partial charge in [-0.05, 0) is 57.2 Å². The maximum Gasteiger partial charge on any atom is 0.228 e. The summed E-state index contributed by atoms with van der Waals surface area (Å²) < 4.78 is 5.44. The molecule has 0 aromatic heterocycles. The van der Waals surface area contributed by atoms with E-state index in [1.807, 2.05) is 0 Å². The highest BCUT2D eigenvalue weighted by Gasteiger charge is 2.44. The number of carbonyl (C=O) groups excluding carboxylic acids is 1. The van der Waals surface area contributed by atoms with Crippen LogP contribution in [0.1, 0.15) is 44.1 Å². The molecule has 3 heterocycles. The predicted octanol–water partition coefficient (Wildman–Crippen LogP) is 3.16. The highest BCUT2D eigenvalue weighted by Crippen LogP contribution is 2.38. The van der Waals surface area contributed by atoms with Crippen LogP contribution in [-0.4, -0.2) is 55.7 Å². The van der Waals surface area contributed by atoms with Crippen molar-refractivity contribution in [1.82, 2.24) is 15.5 Å². The SMILES string of the molecule is COCC1(C(=O)NC2CC3CCC(C2)N3Cc2ccccc2)CCNCC1.Cl.Cl. The highest BCUT2D eigenvalue weighted by molar-refractivity contribution is 5.85. The monoisotopic (exact) mass is 443 g/mol. The van der Waals surface area contributed by atoms with E-state index in [1.165, 1.54) is 18.4 Å². The molecular formula is C22H35Cl2N3O2. The lowest BCUT2D eigenvalue weighted by molar-refractivity contribution is -0.137. The Labute approximate surface area is 187 Å².